The summed E-state index contributed by atoms with van der Waals surface area (Å²) in [5, 5.41) is 3.41. The van der Waals surface area contributed by atoms with E-state index in [9.17, 15) is 0 Å². The summed E-state index contributed by atoms with van der Waals surface area (Å²) in [4.78, 5) is 5.45. The highest BCUT2D eigenvalue weighted by atomic mass is 15.3. The third-order valence-corrected chi connectivity index (χ3v) is 4.47. The lowest BCUT2D eigenvalue weighted by Crippen LogP contribution is -2.37. The van der Waals surface area contributed by atoms with Gasteiger partial charge in [0.25, 0.3) is 0 Å². The van der Waals surface area contributed by atoms with Gasteiger partial charge in [0.15, 0.2) is 0 Å². The summed E-state index contributed by atoms with van der Waals surface area (Å²) in [5.74, 6) is 0. The quantitative estimate of drug-likeness (QED) is 0.700. The minimum atomic E-state index is 0.884. The molecule has 0 saturated carbocycles. The first-order chi connectivity index (χ1) is 8.90. The van der Waals surface area contributed by atoms with Crippen molar-refractivity contribution in [1.82, 2.24) is 15.1 Å². The second kappa shape index (κ2) is 8.13. The Balaban J connectivity index is 1.57. The number of hydrogen-bond donors (Lipinski definition) is 1. The van der Waals surface area contributed by atoms with Crippen molar-refractivity contribution in [2.75, 3.05) is 45.8 Å². The summed E-state index contributed by atoms with van der Waals surface area (Å²) >= 11 is 0. The van der Waals surface area contributed by atoms with Crippen molar-refractivity contribution in [3.05, 3.63) is 0 Å². The predicted molar refractivity (Wildman–Crippen MR) is 78.0 cm³/mol. The fourth-order valence-corrected chi connectivity index (χ4v) is 3.43. The van der Waals surface area contributed by atoms with Crippen LogP contribution in [0, 0.1) is 0 Å². The zero-order valence-electron chi connectivity index (χ0n) is 12.2. The van der Waals surface area contributed by atoms with Crippen LogP contribution in [0.4, 0.5) is 0 Å². The minimum Gasteiger partial charge on any atom is -0.317 e. The molecule has 106 valence electrons. The molecule has 0 radical (unpaired) electrons. The van der Waals surface area contributed by atoms with E-state index in [1.54, 1.807) is 0 Å². The van der Waals surface area contributed by atoms with E-state index >= 15 is 0 Å². The molecule has 0 aliphatic carbocycles. The van der Waals surface area contributed by atoms with Gasteiger partial charge >= 0.3 is 0 Å². The number of unbranched alkanes of at least 4 members (excludes halogenated alkanes) is 2. The molecule has 1 N–H and O–H groups in total. The van der Waals surface area contributed by atoms with Crippen LogP contribution in [-0.4, -0.2) is 61.7 Å². The standard InChI is InChI=1S/C15H31N3/c1-2-16-9-4-3-5-10-17-11-7-13-18-12-6-8-15(18)14-17/h15-16H,2-14H2,1H3. The van der Waals surface area contributed by atoms with Gasteiger partial charge in [-0.3, -0.25) is 4.90 Å². The molecule has 1 atom stereocenters. The Kier molecular flexibility index (Phi) is 6.46. The van der Waals surface area contributed by atoms with Crippen molar-refractivity contribution in [3.63, 3.8) is 0 Å². The molecule has 2 aliphatic rings. The van der Waals surface area contributed by atoms with Gasteiger partial charge in [0.2, 0.25) is 0 Å². The number of fused-ring (bicyclic) bond motifs is 1. The van der Waals surface area contributed by atoms with Crippen LogP contribution in [0.2, 0.25) is 0 Å². The lowest BCUT2D eigenvalue weighted by atomic mass is 10.2. The van der Waals surface area contributed by atoms with Gasteiger partial charge in [-0.25, -0.2) is 0 Å². The third kappa shape index (κ3) is 4.52. The maximum atomic E-state index is 3.41. The fourth-order valence-electron chi connectivity index (χ4n) is 3.43. The molecule has 2 fully saturated rings. The first-order valence-electron chi connectivity index (χ1n) is 8.07. The van der Waals surface area contributed by atoms with Crippen LogP contribution in [0.1, 0.15) is 45.4 Å². The van der Waals surface area contributed by atoms with Gasteiger partial charge in [-0.2, -0.15) is 0 Å². The van der Waals surface area contributed by atoms with Crippen LogP contribution >= 0.6 is 0 Å². The van der Waals surface area contributed by atoms with E-state index in [4.69, 9.17) is 0 Å². The Labute approximate surface area is 113 Å². The molecule has 2 aliphatic heterocycles. The molecule has 0 bridgehead atoms. The van der Waals surface area contributed by atoms with E-state index in [0.717, 1.165) is 12.6 Å². The van der Waals surface area contributed by atoms with Gasteiger partial charge in [0, 0.05) is 12.6 Å². The lowest BCUT2D eigenvalue weighted by Gasteiger charge is -2.25. The minimum absolute atomic E-state index is 0.884. The number of rotatable bonds is 7. The van der Waals surface area contributed by atoms with Gasteiger partial charge in [0.05, 0.1) is 0 Å². The van der Waals surface area contributed by atoms with Crippen LogP contribution in [-0.2, 0) is 0 Å². The van der Waals surface area contributed by atoms with Crippen molar-refractivity contribution >= 4 is 0 Å². The summed E-state index contributed by atoms with van der Waals surface area (Å²) in [6.07, 6.45) is 8.37. The molecule has 0 amide bonds. The van der Waals surface area contributed by atoms with Crippen LogP contribution in [0.3, 0.4) is 0 Å². The zero-order chi connectivity index (χ0) is 12.6. The maximum Gasteiger partial charge on any atom is 0.0223 e. The Morgan fingerprint density at radius 1 is 1.06 bits per heavy atom. The molecule has 0 spiro atoms. The smallest absolute Gasteiger partial charge is 0.0223 e. The van der Waals surface area contributed by atoms with Crippen LogP contribution < -0.4 is 5.32 Å². The average molecular weight is 253 g/mol. The largest absolute Gasteiger partial charge is 0.317 e. The zero-order valence-corrected chi connectivity index (χ0v) is 12.2. The molecule has 2 saturated heterocycles. The van der Waals surface area contributed by atoms with E-state index in [2.05, 4.69) is 22.0 Å². The Morgan fingerprint density at radius 3 is 2.83 bits per heavy atom. The van der Waals surface area contributed by atoms with Crippen molar-refractivity contribution < 1.29 is 0 Å². The molecule has 1 unspecified atom stereocenters. The van der Waals surface area contributed by atoms with Crippen molar-refractivity contribution in [1.29, 1.82) is 0 Å². The van der Waals surface area contributed by atoms with E-state index in [-0.39, 0.29) is 0 Å². The Morgan fingerprint density at radius 2 is 1.94 bits per heavy atom. The third-order valence-electron chi connectivity index (χ3n) is 4.47. The van der Waals surface area contributed by atoms with E-state index in [0.29, 0.717) is 0 Å². The highest BCUT2D eigenvalue weighted by Gasteiger charge is 2.28. The SMILES string of the molecule is CCNCCCCCN1CCCN2CCCC2C1. The summed E-state index contributed by atoms with van der Waals surface area (Å²) in [6, 6.07) is 0.884. The average Bonchev–Trinajstić information content (AvgIpc) is 2.72. The highest BCUT2D eigenvalue weighted by molar-refractivity contribution is 4.84. The normalized spacial score (nSPS) is 26.2. The summed E-state index contributed by atoms with van der Waals surface area (Å²) in [5.41, 5.74) is 0. The van der Waals surface area contributed by atoms with Crippen LogP contribution in [0.15, 0.2) is 0 Å². The van der Waals surface area contributed by atoms with E-state index in [1.807, 2.05) is 0 Å². The fraction of sp³-hybridized carbons (Fsp3) is 1.00. The topological polar surface area (TPSA) is 18.5 Å². The number of nitrogens with one attached hydrogen (secondary N) is 1. The van der Waals surface area contributed by atoms with Gasteiger partial charge in [-0.15, -0.1) is 0 Å². The molecule has 0 aromatic heterocycles. The van der Waals surface area contributed by atoms with Crippen LogP contribution in [0.5, 0.6) is 0 Å². The van der Waals surface area contributed by atoms with Crippen molar-refractivity contribution in [2.45, 2.75) is 51.5 Å². The lowest BCUT2D eigenvalue weighted by molar-refractivity contribution is 0.217. The molecule has 3 heteroatoms. The second-order valence-electron chi connectivity index (χ2n) is 5.90. The molecular weight excluding hydrogens is 222 g/mol. The monoisotopic (exact) mass is 253 g/mol. The molecular formula is C15H31N3. The molecule has 0 aromatic carbocycles. The number of nitrogens with zero attached hydrogens (tertiary/aromatic N) is 2. The second-order valence-corrected chi connectivity index (χ2v) is 5.90. The first kappa shape index (κ1) is 14.3. The Bertz CT molecular complexity index is 220. The molecule has 2 heterocycles. The first-order valence-corrected chi connectivity index (χ1v) is 8.07. The van der Waals surface area contributed by atoms with Crippen LogP contribution in [0.25, 0.3) is 0 Å². The highest BCUT2D eigenvalue weighted by Crippen LogP contribution is 2.21. The molecule has 3 nitrogen and oxygen atoms in total. The van der Waals surface area contributed by atoms with Crippen molar-refractivity contribution in [2.24, 2.45) is 0 Å². The summed E-state index contributed by atoms with van der Waals surface area (Å²) < 4.78 is 0. The maximum absolute atomic E-state index is 3.41. The van der Waals surface area contributed by atoms with E-state index in [1.165, 1.54) is 77.8 Å². The van der Waals surface area contributed by atoms with Gasteiger partial charge in [-0.1, -0.05) is 13.3 Å². The number of hydrogen-bond acceptors (Lipinski definition) is 3. The molecule has 18 heavy (non-hydrogen) atoms. The van der Waals surface area contributed by atoms with Gasteiger partial charge < -0.3 is 10.2 Å². The molecule has 2 rings (SSSR count). The predicted octanol–water partition coefficient (Wildman–Crippen LogP) is 1.94. The summed E-state index contributed by atoms with van der Waals surface area (Å²) in [6.45, 7) is 11.2. The van der Waals surface area contributed by atoms with Crippen molar-refractivity contribution in [3.8, 4) is 0 Å². The summed E-state index contributed by atoms with van der Waals surface area (Å²) in [7, 11) is 0. The molecule has 0 aromatic rings. The Hall–Kier alpha value is -0.120. The van der Waals surface area contributed by atoms with Gasteiger partial charge in [-0.05, 0) is 71.4 Å². The van der Waals surface area contributed by atoms with Gasteiger partial charge in [0.1, 0.15) is 0 Å². The van der Waals surface area contributed by atoms with E-state index < -0.39 is 0 Å².